The lowest BCUT2D eigenvalue weighted by Crippen LogP contribution is -2.48. The Morgan fingerprint density at radius 3 is 1.77 bits per heavy atom. The standard InChI is InChI=1S/C22H40O8/c1-3-5-7-9-11-13-19(25)29-16-18(22(28)21(27)17(24)15-23)30-20(26)14-12-10-8-6-4-2/h15,17-18,21-22,24,27-28H,3-14,16H2,1-2H3/t17-,18+,21+,22+/m0/s1. The smallest absolute Gasteiger partial charge is 0.306 e. The van der Waals surface area contributed by atoms with E-state index in [0.717, 1.165) is 51.4 Å². The number of hydrogen-bond acceptors (Lipinski definition) is 8. The van der Waals surface area contributed by atoms with Gasteiger partial charge in [-0.1, -0.05) is 65.2 Å². The van der Waals surface area contributed by atoms with Gasteiger partial charge >= 0.3 is 11.9 Å². The van der Waals surface area contributed by atoms with E-state index in [9.17, 15) is 29.7 Å². The molecule has 0 spiro atoms. The molecule has 30 heavy (non-hydrogen) atoms. The molecule has 0 unspecified atom stereocenters. The highest BCUT2D eigenvalue weighted by atomic mass is 16.6. The average molecular weight is 433 g/mol. The van der Waals surface area contributed by atoms with Crippen molar-refractivity contribution in [3.63, 3.8) is 0 Å². The number of aliphatic hydroxyl groups is 3. The van der Waals surface area contributed by atoms with Crippen molar-refractivity contribution < 1.29 is 39.2 Å². The third-order valence-electron chi connectivity index (χ3n) is 4.88. The van der Waals surface area contributed by atoms with Crippen LogP contribution in [0.25, 0.3) is 0 Å². The van der Waals surface area contributed by atoms with E-state index in [2.05, 4.69) is 13.8 Å². The molecule has 8 heteroatoms. The second-order valence-electron chi connectivity index (χ2n) is 7.65. The molecule has 176 valence electrons. The van der Waals surface area contributed by atoms with Gasteiger partial charge in [0.1, 0.15) is 24.9 Å². The van der Waals surface area contributed by atoms with Gasteiger partial charge in [0.2, 0.25) is 0 Å². The minimum absolute atomic E-state index is 0.0722. The first-order valence-corrected chi connectivity index (χ1v) is 11.2. The topological polar surface area (TPSA) is 130 Å². The predicted molar refractivity (Wildman–Crippen MR) is 112 cm³/mol. The Labute approximate surface area is 179 Å². The van der Waals surface area contributed by atoms with Crippen molar-refractivity contribution >= 4 is 18.2 Å². The molecule has 0 amide bonds. The van der Waals surface area contributed by atoms with Crippen molar-refractivity contribution in [3.8, 4) is 0 Å². The number of ether oxygens (including phenoxy) is 2. The van der Waals surface area contributed by atoms with Crippen LogP contribution in [0.1, 0.15) is 90.9 Å². The van der Waals surface area contributed by atoms with Crippen molar-refractivity contribution in [2.45, 2.75) is 115 Å². The number of carbonyl (C=O) groups excluding carboxylic acids is 3. The molecule has 0 aromatic heterocycles. The number of esters is 2. The van der Waals surface area contributed by atoms with Crippen LogP contribution in [-0.2, 0) is 23.9 Å². The van der Waals surface area contributed by atoms with Gasteiger partial charge in [-0.05, 0) is 12.8 Å². The monoisotopic (exact) mass is 432 g/mol. The first kappa shape index (κ1) is 28.5. The summed E-state index contributed by atoms with van der Waals surface area (Å²) in [7, 11) is 0. The lowest BCUT2D eigenvalue weighted by Gasteiger charge is -2.27. The number of aldehydes is 1. The Hall–Kier alpha value is -1.51. The maximum Gasteiger partial charge on any atom is 0.306 e. The van der Waals surface area contributed by atoms with Crippen molar-refractivity contribution in [3.05, 3.63) is 0 Å². The summed E-state index contributed by atoms with van der Waals surface area (Å²) < 4.78 is 10.3. The zero-order valence-corrected chi connectivity index (χ0v) is 18.5. The highest BCUT2D eigenvalue weighted by Gasteiger charge is 2.34. The molecule has 0 saturated heterocycles. The van der Waals surface area contributed by atoms with Crippen molar-refractivity contribution in [1.29, 1.82) is 0 Å². The first-order valence-electron chi connectivity index (χ1n) is 11.2. The van der Waals surface area contributed by atoms with Gasteiger partial charge in [-0.25, -0.2) is 0 Å². The fourth-order valence-electron chi connectivity index (χ4n) is 2.93. The van der Waals surface area contributed by atoms with E-state index < -0.39 is 43.0 Å². The van der Waals surface area contributed by atoms with Crippen molar-refractivity contribution in [1.82, 2.24) is 0 Å². The van der Waals surface area contributed by atoms with Gasteiger partial charge in [0.25, 0.3) is 0 Å². The molecule has 0 saturated carbocycles. The van der Waals surface area contributed by atoms with Crippen LogP contribution >= 0.6 is 0 Å². The molecule has 4 atom stereocenters. The summed E-state index contributed by atoms with van der Waals surface area (Å²) in [6.07, 6.45) is 3.06. The van der Waals surface area contributed by atoms with Crippen LogP contribution in [0.2, 0.25) is 0 Å². The maximum atomic E-state index is 12.1. The highest BCUT2D eigenvalue weighted by Crippen LogP contribution is 2.13. The number of aliphatic hydroxyl groups excluding tert-OH is 3. The molecule has 0 aliphatic heterocycles. The third-order valence-corrected chi connectivity index (χ3v) is 4.88. The second kappa shape index (κ2) is 18.3. The molecule has 0 aliphatic carbocycles. The van der Waals surface area contributed by atoms with Gasteiger partial charge in [-0.3, -0.25) is 9.59 Å². The van der Waals surface area contributed by atoms with Crippen LogP contribution in [0.4, 0.5) is 0 Å². The van der Waals surface area contributed by atoms with Gasteiger partial charge in [-0.2, -0.15) is 0 Å². The van der Waals surface area contributed by atoms with Gasteiger partial charge in [-0.15, -0.1) is 0 Å². The van der Waals surface area contributed by atoms with Crippen molar-refractivity contribution in [2.24, 2.45) is 0 Å². The Morgan fingerprint density at radius 2 is 1.27 bits per heavy atom. The lowest BCUT2D eigenvalue weighted by atomic mass is 10.0. The quantitative estimate of drug-likeness (QED) is 0.161. The molecule has 0 bridgehead atoms. The zero-order valence-electron chi connectivity index (χ0n) is 18.5. The molecular formula is C22H40O8. The molecule has 0 aromatic carbocycles. The highest BCUT2D eigenvalue weighted by molar-refractivity contribution is 5.70. The zero-order chi connectivity index (χ0) is 22.8. The SMILES string of the molecule is CCCCCCCC(=O)OC[C@@H](OC(=O)CCCCCCC)[C@@H](O)[C@H](O)[C@@H](O)C=O. The molecule has 3 N–H and O–H groups in total. The van der Waals surface area contributed by atoms with E-state index in [4.69, 9.17) is 9.47 Å². The molecule has 8 nitrogen and oxygen atoms in total. The minimum atomic E-state index is -1.86. The molecular weight excluding hydrogens is 392 g/mol. The Kier molecular flexibility index (Phi) is 17.4. The minimum Gasteiger partial charge on any atom is -0.462 e. The molecule has 0 heterocycles. The summed E-state index contributed by atoms with van der Waals surface area (Å²) in [5.41, 5.74) is 0. The molecule has 0 fully saturated rings. The van der Waals surface area contributed by atoms with Crippen LogP contribution in [0, 0.1) is 0 Å². The number of carbonyl (C=O) groups is 3. The van der Waals surface area contributed by atoms with Crippen LogP contribution in [-0.4, -0.2) is 64.6 Å². The van der Waals surface area contributed by atoms with Gasteiger partial charge < -0.3 is 29.6 Å². The summed E-state index contributed by atoms with van der Waals surface area (Å²) >= 11 is 0. The van der Waals surface area contributed by atoms with E-state index >= 15 is 0 Å². The van der Waals surface area contributed by atoms with E-state index in [0.29, 0.717) is 12.8 Å². The predicted octanol–water partition coefficient (Wildman–Crippen LogP) is 2.44. The van der Waals surface area contributed by atoms with Crippen LogP contribution in [0.15, 0.2) is 0 Å². The number of hydrogen-bond donors (Lipinski definition) is 3. The first-order chi connectivity index (χ1) is 14.4. The van der Waals surface area contributed by atoms with Crippen LogP contribution in [0.3, 0.4) is 0 Å². The summed E-state index contributed by atoms with van der Waals surface area (Å²) in [5, 5.41) is 29.5. The Bertz CT molecular complexity index is 468. The van der Waals surface area contributed by atoms with Gasteiger partial charge in [0, 0.05) is 12.8 Å². The summed E-state index contributed by atoms with van der Waals surface area (Å²) in [5.74, 6) is -1.09. The Balaban J connectivity index is 4.62. The second-order valence-corrected chi connectivity index (χ2v) is 7.65. The molecule has 0 radical (unpaired) electrons. The van der Waals surface area contributed by atoms with E-state index in [1.807, 2.05) is 0 Å². The Morgan fingerprint density at radius 1 is 0.767 bits per heavy atom. The summed E-state index contributed by atoms with van der Waals surface area (Å²) in [4.78, 5) is 34.7. The fourth-order valence-corrected chi connectivity index (χ4v) is 2.93. The maximum absolute atomic E-state index is 12.1. The van der Waals surface area contributed by atoms with Gasteiger partial charge in [0.05, 0.1) is 0 Å². The average Bonchev–Trinajstić information content (AvgIpc) is 2.74. The molecule has 0 aliphatic rings. The number of unbranched alkanes of at least 4 members (excludes halogenated alkanes) is 8. The summed E-state index contributed by atoms with van der Waals surface area (Å²) in [6, 6.07) is 0. The lowest BCUT2D eigenvalue weighted by molar-refractivity contribution is -0.176. The third kappa shape index (κ3) is 13.7. The molecule has 0 rings (SSSR count). The number of rotatable bonds is 19. The van der Waals surface area contributed by atoms with Crippen LogP contribution in [0.5, 0.6) is 0 Å². The molecule has 0 aromatic rings. The normalized spacial score (nSPS) is 15.1. The van der Waals surface area contributed by atoms with E-state index in [1.165, 1.54) is 0 Å². The fraction of sp³-hybridized carbons (Fsp3) is 0.864. The van der Waals surface area contributed by atoms with Crippen molar-refractivity contribution in [2.75, 3.05) is 6.61 Å². The van der Waals surface area contributed by atoms with E-state index in [1.54, 1.807) is 0 Å². The summed E-state index contributed by atoms with van der Waals surface area (Å²) in [6.45, 7) is 3.73. The van der Waals surface area contributed by atoms with E-state index in [-0.39, 0.29) is 19.1 Å². The largest absolute Gasteiger partial charge is 0.462 e. The van der Waals surface area contributed by atoms with Crippen LogP contribution < -0.4 is 0 Å². The van der Waals surface area contributed by atoms with Gasteiger partial charge in [0.15, 0.2) is 12.4 Å².